The molecule has 2 rings (SSSR count). The first-order chi connectivity index (χ1) is 8.94. The first-order valence-corrected chi connectivity index (χ1v) is 6.23. The average molecular weight is 261 g/mol. The molecule has 2 heterocycles. The summed E-state index contributed by atoms with van der Waals surface area (Å²) in [4.78, 5) is 18.4. The molecule has 0 saturated carbocycles. The Hall–Kier alpha value is -1.72. The number of hydrogen-bond donors (Lipinski definition) is 1. The van der Waals surface area contributed by atoms with Gasteiger partial charge < -0.3 is 5.11 Å². The van der Waals surface area contributed by atoms with Crippen LogP contribution < -0.4 is 5.56 Å². The Morgan fingerprint density at radius 3 is 2.84 bits per heavy atom. The minimum absolute atomic E-state index is 0.0517. The van der Waals surface area contributed by atoms with E-state index in [1.807, 2.05) is 37.9 Å². The van der Waals surface area contributed by atoms with Gasteiger partial charge in [0.2, 0.25) is 0 Å². The van der Waals surface area contributed by atoms with Gasteiger partial charge in [-0.1, -0.05) is 6.07 Å². The van der Waals surface area contributed by atoms with Crippen molar-refractivity contribution in [1.29, 1.82) is 0 Å². The molecule has 1 N–H and O–H groups in total. The zero-order chi connectivity index (χ0) is 14.0. The lowest BCUT2D eigenvalue weighted by molar-refractivity contribution is 0.0724. The second-order valence-corrected chi connectivity index (χ2v) is 5.34. The van der Waals surface area contributed by atoms with Crippen LogP contribution in [0.15, 0.2) is 35.3 Å². The van der Waals surface area contributed by atoms with Gasteiger partial charge in [-0.15, -0.1) is 0 Å². The normalized spacial score (nSPS) is 12.3. The van der Waals surface area contributed by atoms with Crippen LogP contribution in [0.25, 0.3) is 5.65 Å². The van der Waals surface area contributed by atoms with Crippen LogP contribution in [-0.2, 0) is 6.54 Å². The van der Waals surface area contributed by atoms with Crippen molar-refractivity contribution in [2.24, 2.45) is 0 Å². The number of aliphatic hydroxyl groups excluding tert-OH is 1. The summed E-state index contributed by atoms with van der Waals surface area (Å²) in [6.07, 6.45) is 1.70. The summed E-state index contributed by atoms with van der Waals surface area (Å²) >= 11 is 0. The van der Waals surface area contributed by atoms with Crippen molar-refractivity contribution < 1.29 is 5.11 Å². The number of hydrogen-bond acceptors (Lipinski definition) is 4. The van der Waals surface area contributed by atoms with E-state index in [0.29, 0.717) is 17.9 Å². The lowest BCUT2D eigenvalue weighted by Gasteiger charge is -2.33. The van der Waals surface area contributed by atoms with Gasteiger partial charge >= 0.3 is 0 Å². The molecule has 0 aliphatic rings. The second kappa shape index (κ2) is 5.11. The summed E-state index contributed by atoms with van der Waals surface area (Å²) in [6.45, 7) is 4.46. The van der Waals surface area contributed by atoms with Crippen molar-refractivity contribution in [3.05, 3.63) is 46.5 Å². The summed E-state index contributed by atoms with van der Waals surface area (Å²) in [5.74, 6) is 0. The molecule has 0 saturated heterocycles. The summed E-state index contributed by atoms with van der Waals surface area (Å²) in [7, 11) is 1.91. The highest BCUT2D eigenvalue weighted by Gasteiger charge is 2.22. The minimum atomic E-state index is -0.344. The van der Waals surface area contributed by atoms with Gasteiger partial charge in [0.25, 0.3) is 5.56 Å². The number of fused-ring (bicyclic) bond motifs is 1. The van der Waals surface area contributed by atoms with Gasteiger partial charge in [-0.05, 0) is 33.0 Å². The molecule has 0 unspecified atom stereocenters. The Bertz CT molecular complexity index is 634. The number of pyridine rings is 1. The molecule has 0 fully saturated rings. The Kier molecular flexibility index (Phi) is 3.68. The molecule has 0 radical (unpaired) electrons. The molecule has 5 nitrogen and oxygen atoms in total. The zero-order valence-corrected chi connectivity index (χ0v) is 11.5. The van der Waals surface area contributed by atoms with Gasteiger partial charge in [-0.2, -0.15) is 0 Å². The van der Waals surface area contributed by atoms with Gasteiger partial charge in [-0.3, -0.25) is 14.1 Å². The molecular weight excluding hydrogens is 242 g/mol. The van der Waals surface area contributed by atoms with Gasteiger partial charge in [0, 0.05) is 24.3 Å². The second-order valence-electron chi connectivity index (χ2n) is 5.34. The summed E-state index contributed by atoms with van der Waals surface area (Å²) in [5, 5.41) is 9.34. The smallest absolute Gasteiger partial charge is 0.258 e. The quantitative estimate of drug-likeness (QED) is 0.888. The van der Waals surface area contributed by atoms with Gasteiger partial charge in [0.15, 0.2) is 0 Å². The number of likely N-dealkylation sites (N-methyl/N-ethyl adjacent to an activating group) is 1. The van der Waals surface area contributed by atoms with E-state index in [4.69, 9.17) is 0 Å². The third-order valence-corrected chi connectivity index (χ3v) is 3.44. The number of aromatic nitrogens is 2. The SMILES string of the molecule is CN(Cc1cc(=O)n2ccccc2n1)C(C)(C)CO. The van der Waals surface area contributed by atoms with Crippen molar-refractivity contribution in [1.82, 2.24) is 14.3 Å². The predicted molar refractivity (Wildman–Crippen MR) is 74.1 cm³/mol. The van der Waals surface area contributed by atoms with E-state index in [1.165, 1.54) is 10.5 Å². The summed E-state index contributed by atoms with van der Waals surface area (Å²) < 4.78 is 1.51. The Labute approximate surface area is 112 Å². The lowest BCUT2D eigenvalue weighted by Crippen LogP contribution is -2.44. The van der Waals surface area contributed by atoms with Crippen molar-refractivity contribution >= 4 is 5.65 Å². The molecule has 0 bridgehead atoms. The molecule has 0 aliphatic heterocycles. The van der Waals surface area contributed by atoms with E-state index in [2.05, 4.69) is 4.98 Å². The van der Waals surface area contributed by atoms with E-state index < -0.39 is 0 Å². The summed E-state index contributed by atoms with van der Waals surface area (Å²) in [6, 6.07) is 7.00. The Morgan fingerprint density at radius 1 is 1.42 bits per heavy atom. The van der Waals surface area contributed by atoms with Gasteiger partial charge in [0.1, 0.15) is 5.65 Å². The highest BCUT2D eigenvalue weighted by molar-refractivity contribution is 5.37. The number of rotatable bonds is 4. The van der Waals surface area contributed by atoms with Crippen molar-refractivity contribution in [3.8, 4) is 0 Å². The molecule has 2 aromatic heterocycles. The molecule has 0 spiro atoms. The first-order valence-electron chi connectivity index (χ1n) is 6.23. The molecule has 102 valence electrons. The molecular formula is C14H19N3O2. The molecule has 19 heavy (non-hydrogen) atoms. The van der Waals surface area contributed by atoms with Crippen LogP contribution in [0.1, 0.15) is 19.5 Å². The topological polar surface area (TPSA) is 57.8 Å². The Morgan fingerprint density at radius 2 is 2.16 bits per heavy atom. The Balaban J connectivity index is 2.34. The van der Waals surface area contributed by atoms with Crippen molar-refractivity contribution in [2.75, 3.05) is 13.7 Å². The van der Waals surface area contributed by atoms with Crippen LogP contribution in [0, 0.1) is 0 Å². The number of nitrogens with zero attached hydrogens (tertiary/aromatic N) is 3. The fourth-order valence-electron chi connectivity index (χ4n) is 1.76. The molecule has 0 aromatic carbocycles. The monoisotopic (exact) mass is 261 g/mol. The maximum atomic E-state index is 12.0. The molecule has 0 aliphatic carbocycles. The fourth-order valence-corrected chi connectivity index (χ4v) is 1.76. The van der Waals surface area contributed by atoms with E-state index in [0.717, 1.165) is 0 Å². The molecule has 0 amide bonds. The van der Waals surface area contributed by atoms with Crippen LogP contribution >= 0.6 is 0 Å². The summed E-state index contributed by atoms with van der Waals surface area (Å²) in [5.41, 5.74) is 0.917. The van der Waals surface area contributed by atoms with E-state index in [1.54, 1.807) is 12.3 Å². The van der Waals surface area contributed by atoms with Crippen LogP contribution in [0.4, 0.5) is 0 Å². The van der Waals surface area contributed by atoms with Crippen molar-refractivity contribution in [2.45, 2.75) is 25.9 Å². The molecule has 5 heteroatoms. The third kappa shape index (κ3) is 2.83. The number of aliphatic hydroxyl groups is 1. The molecule has 0 atom stereocenters. The van der Waals surface area contributed by atoms with E-state index in [-0.39, 0.29) is 17.7 Å². The minimum Gasteiger partial charge on any atom is -0.394 e. The maximum absolute atomic E-state index is 12.0. The average Bonchev–Trinajstić information content (AvgIpc) is 2.38. The van der Waals surface area contributed by atoms with Crippen LogP contribution in [0.2, 0.25) is 0 Å². The highest BCUT2D eigenvalue weighted by Crippen LogP contribution is 2.13. The predicted octanol–water partition coefficient (Wildman–Crippen LogP) is 0.897. The van der Waals surface area contributed by atoms with Crippen LogP contribution in [-0.4, -0.2) is 38.6 Å². The maximum Gasteiger partial charge on any atom is 0.258 e. The first kappa shape index (κ1) is 13.7. The fraction of sp³-hybridized carbons (Fsp3) is 0.429. The standard InChI is InChI=1S/C14H19N3O2/c1-14(2,10-18)16(3)9-11-8-13(19)17-7-5-4-6-12(17)15-11/h4-8,18H,9-10H2,1-3H3. The van der Waals surface area contributed by atoms with Gasteiger partial charge in [0.05, 0.1) is 12.3 Å². The molecule has 2 aromatic rings. The highest BCUT2D eigenvalue weighted by atomic mass is 16.3. The zero-order valence-electron chi connectivity index (χ0n) is 11.5. The third-order valence-electron chi connectivity index (χ3n) is 3.44. The van der Waals surface area contributed by atoms with Crippen molar-refractivity contribution in [3.63, 3.8) is 0 Å². The van der Waals surface area contributed by atoms with Crippen LogP contribution in [0.3, 0.4) is 0 Å². The van der Waals surface area contributed by atoms with E-state index >= 15 is 0 Å². The lowest BCUT2D eigenvalue weighted by atomic mass is 10.1. The van der Waals surface area contributed by atoms with Gasteiger partial charge in [-0.25, -0.2) is 4.98 Å². The van der Waals surface area contributed by atoms with E-state index in [9.17, 15) is 9.90 Å². The van der Waals surface area contributed by atoms with Crippen LogP contribution in [0.5, 0.6) is 0 Å². The largest absolute Gasteiger partial charge is 0.394 e.